The molecule has 0 saturated carbocycles. The summed E-state index contributed by atoms with van der Waals surface area (Å²) in [6.45, 7) is 7.60. The second kappa shape index (κ2) is 11.8. The number of carbonyl (C=O) groups excluding carboxylic acids is 1. The molecule has 9 nitrogen and oxygen atoms in total. The fourth-order valence-electron chi connectivity index (χ4n) is 4.41. The van der Waals surface area contributed by atoms with Gasteiger partial charge in [-0.1, -0.05) is 23.5 Å². The first kappa shape index (κ1) is 28.0. The second-order valence-corrected chi connectivity index (χ2v) is 10.00. The number of hydrogen-bond donors (Lipinski definition) is 0. The first-order valence-corrected chi connectivity index (χ1v) is 13.3. The molecule has 0 N–H and O–H groups in total. The molecule has 1 aliphatic rings. The molecular formula is C29H32N2O7S. The van der Waals surface area contributed by atoms with Crippen molar-refractivity contribution in [1.29, 1.82) is 0 Å². The highest BCUT2D eigenvalue weighted by Crippen LogP contribution is 2.35. The number of allylic oxidation sites excluding steroid dienone is 1. The quantitative estimate of drug-likeness (QED) is 0.374. The predicted octanol–water partition coefficient (Wildman–Crippen LogP) is 3.61. The zero-order valence-corrected chi connectivity index (χ0v) is 23.9. The van der Waals surface area contributed by atoms with Gasteiger partial charge < -0.3 is 23.7 Å². The van der Waals surface area contributed by atoms with E-state index in [2.05, 4.69) is 4.99 Å². The summed E-state index contributed by atoms with van der Waals surface area (Å²) < 4.78 is 29.5. The maximum absolute atomic E-state index is 13.9. The summed E-state index contributed by atoms with van der Waals surface area (Å²) in [6.07, 6.45) is 1.74. The Morgan fingerprint density at radius 2 is 1.69 bits per heavy atom. The Hall–Kier alpha value is -4.05. The number of fused-ring (bicyclic) bond motifs is 1. The van der Waals surface area contributed by atoms with Gasteiger partial charge >= 0.3 is 5.97 Å². The van der Waals surface area contributed by atoms with Crippen LogP contribution < -0.4 is 33.8 Å². The van der Waals surface area contributed by atoms with Crippen LogP contribution in [0, 0.1) is 0 Å². The number of benzene rings is 2. The second-order valence-electron chi connectivity index (χ2n) is 8.99. The molecule has 0 fully saturated rings. The molecule has 1 aromatic heterocycles. The molecule has 2 aromatic carbocycles. The summed E-state index contributed by atoms with van der Waals surface area (Å²) in [7, 11) is 4.63. The van der Waals surface area contributed by atoms with Crippen LogP contribution in [0.4, 0.5) is 0 Å². The third-order valence-electron chi connectivity index (χ3n) is 6.11. The van der Waals surface area contributed by atoms with E-state index >= 15 is 0 Å². The zero-order valence-electron chi connectivity index (χ0n) is 23.1. The maximum atomic E-state index is 13.9. The minimum absolute atomic E-state index is 0.0133. The van der Waals surface area contributed by atoms with Crippen LogP contribution in [0.3, 0.4) is 0 Å². The summed E-state index contributed by atoms with van der Waals surface area (Å²) in [6, 6.07) is 10.1. The molecule has 1 aliphatic heterocycles. The van der Waals surface area contributed by atoms with Gasteiger partial charge in [-0.25, -0.2) is 9.79 Å². The Bertz CT molecular complexity index is 1580. The molecule has 0 bridgehead atoms. The smallest absolute Gasteiger partial charge is 0.338 e. The van der Waals surface area contributed by atoms with Crippen molar-refractivity contribution in [2.75, 3.05) is 27.9 Å². The molecule has 206 valence electrons. The van der Waals surface area contributed by atoms with E-state index in [-0.39, 0.29) is 18.3 Å². The third-order valence-corrected chi connectivity index (χ3v) is 7.09. The summed E-state index contributed by atoms with van der Waals surface area (Å²) in [4.78, 5) is 32.1. The van der Waals surface area contributed by atoms with Crippen molar-refractivity contribution in [3.8, 4) is 23.0 Å². The van der Waals surface area contributed by atoms with Gasteiger partial charge in [0.05, 0.1) is 55.9 Å². The summed E-state index contributed by atoms with van der Waals surface area (Å²) >= 11 is 1.23. The van der Waals surface area contributed by atoms with Crippen LogP contribution in [-0.4, -0.2) is 44.6 Å². The molecule has 1 unspecified atom stereocenters. The van der Waals surface area contributed by atoms with Crippen LogP contribution in [0.1, 0.15) is 44.9 Å². The lowest BCUT2D eigenvalue weighted by Gasteiger charge is -2.25. The van der Waals surface area contributed by atoms with E-state index in [4.69, 9.17) is 23.7 Å². The number of carbonyl (C=O) groups is 1. The van der Waals surface area contributed by atoms with Gasteiger partial charge in [-0.3, -0.25) is 9.36 Å². The molecule has 0 spiro atoms. The topological polar surface area (TPSA) is 97.6 Å². The number of aromatic nitrogens is 1. The van der Waals surface area contributed by atoms with Gasteiger partial charge in [-0.15, -0.1) is 0 Å². The minimum atomic E-state index is -0.720. The summed E-state index contributed by atoms with van der Waals surface area (Å²) in [5.74, 6) is 1.70. The highest BCUT2D eigenvalue weighted by Gasteiger charge is 2.33. The molecule has 0 amide bonds. The van der Waals surface area contributed by atoms with Gasteiger partial charge in [-0.05, 0) is 57.5 Å². The van der Waals surface area contributed by atoms with E-state index in [1.165, 1.54) is 11.3 Å². The Morgan fingerprint density at radius 3 is 2.28 bits per heavy atom. The van der Waals surface area contributed by atoms with Crippen molar-refractivity contribution in [3.63, 3.8) is 0 Å². The lowest BCUT2D eigenvalue weighted by molar-refractivity contribution is -0.139. The molecule has 4 rings (SSSR count). The maximum Gasteiger partial charge on any atom is 0.338 e. The summed E-state index contributed by atoms with van der Waals surface area (Å²) in [5, 5.41) is 0. The van der Waals surface area contributed by atoms with E-state index < -0.39 is 12.0 Å². The molecule has 0 radical (unpaired) electrons. The highest BCUT2D eigenvalue weighted by atomic mass is 32.1. The summed E-state index contributed by atoms with van der Waals surface area (Å²) in [5.41, 5.74) is 1.89. The van der Waals surface area contributed by atoms with E-state index in [9.17, 15) is 9.59 Å². The Kier molecular flexibility index (Phi) is 8.44. The molecular weight excluding hydrogens is 520 g/mol. The lowest BCUT2D eigenvalue weighted by Crippen LogP contribution is -2.39. The molecule has 2 heterocycles. The fraction of sp³-hybridized carbons (Fsp3) is 0.345. The van der Waals surface area contributed by atoms with E-state index in [0.717, 1.165) is 5.56 Å². The molecule has 0 saturated heterocycles. The standard InChI is InChI=1S/C29H32N2O7S/c1-8-37-28(33)25-17(4)30-29-31(26(25)18-9-11-20(12-10-18)38-16(2)3)27(32)24(39-29)14-19-13-22(35-6)23(36-7)15-21(19)34-5/h9-16,26H,8H2,1-7H3. The zero-order chi connectivity index (χ0) is 28.3. The average Bonchev–Trinajstić information content (AvgIpc) is 3.21. The van der Waals surface area contributed by atoms with Crippen LogP contribution in [0.15, 0.2) is 57.5 Å². The Balaban J connectivity index is 1.92. The number of methoxy groups -OCH3 is 3. The molecule has 3 aromatic rings. The van der Waals surface area contributed by atoms with Crippen molar-refractivity contribution < 1.29 is 28.5 Å². The van der Waals surface area contributed by atoms with Crippen LogP contribution in [-0.2, 0) is 9.53 Å². The number of hydrogen-bond acceptors (Lipinski definition) is 9. The van der Waals surface area contributed by atoms with Gasteiger partial charge in [0.2, 0.25) is 0 Å². The van der Waals surface area contributed by atoms with Gasteiger partial charge in [0.25, 0.3) is 5.56 Å². The first-order chi connectivity index (χ1) is 18.7. The van der Waals surface area contributed by atoms with Crippen molar-refractivity contribution in [2.45, 2.75) is 39.8 Å². The van der Waals surface area contributed by atoms with Gasteiger partial charge in [0.15, 0.2) is 16.3 Å². The number of rotatable bonds is 9. The van der Waals surface area contributed by atoms with Crippen molar-refractivity contribution >= 4 is 23.4 Å². The van der Waals surface area contributed by atoms with Crippen molar-refractivity contribution in [1.82, 2.24) is 4.57 Å². The monoisotopic (exact) mass is 552 g/mol. The van der Waals surface area contributed by atoms with E-state index in [0.29, 0.717) is 49.2 Å². The average molecular weight is 553 g/mol. The molecule has 10 heteroatoms. The predicted molar refractivity (Wildman–Crippen MR) is 149 cm³/mol. The van der Waals surface area contributed by atoms with Crippen molar-refractivity contribution in [2.24, 2.45) is 4.99 Å². The van der Waals surface area contributed by atoms with Crippen LogP contribution in [0.25, 0.3) is 6.08 Å². The molecule has 39 heavy (non-hydrogen) atoms. The Labute approximate surface area is 230 Å². The minimum Gasteiger partial charge on any atom is -0.496 e. The van der Waals surface area contributed by atoms with E-state index in [1.807, 2.05) is 38.1 Å². The van der Waals surface area contributed by atoms with Crippen LogP contribution in [0.5, 0.6) is 23.0 Å². The number of esters is 1. The van der Waals surface area contributed by atoms with Crippen molar-refractivity contribution in [3.05, 3.63) is 78.5 Å². The Morgan fingerprint density at radius 1 is 1.05 bits per heavy atom. The number of ether oxygens (including phenoxy) is 5. The lowest BCUT2D eigenvalue weighted by atomic mass is 9.96. The largest absolute Gasteiger partial charge is 0.496 e. The number of thiazole rings is 1. The van der Waals surface area contributed by atoms with Gasteiger partial charge in [0.1, 0.15) is 11.5 Å². The van der Waals surface area contributed by atoms with Crippen LogP contribution in [0.2, 0.25) is 0 Å². The normalized spacial score (nSPS) is 15.1. The van der Waals surface area contributed by atoms with Crippen LogP contribution >= 0.6 is 11.3 Å². The fourth-order valence-corrected chi connectivity index (χ4v) is 5.45. The number of nitrogens with zero attached hydrogens (tertiary/aromatic N) is 2. The van der Waals surface area contributed by atoms with Gasteiger partial charge in [0, 0.05) is 11.6 Å². The van der Waals surface area contributed by atoms with E-state index in [1.54, 1.807) is 58.0 Å². The highest BCUT2D eigenvalue weighted by molar-refractivity contribution is 7.07. The van der Waals surface area contributed by atoms with Gasteiger partial charge in [-0.2, -0.15) is 0 Å². The molecule has 0 aliphatic carbocycles. The molecule has 1 atom stereocenters. The third kappa shape index (κ3) is 5.56. The SMILES string of the molecule is CCOC(=O)C1=C(C)N=c2sc(=Cc3cc(OC)c(OC)cc3OC)c(=O)n2C1c1ccc(OC(C)C)cc1. The first-order valence-electron chi connectivity index (χ1n) is 12.5.